The minimum atomic E-state index is -1.33. The van der Waals surface area contributed by atoms with Crippen LogP contribution < -0.4 is 0 Å². The number of aromatic nitrogens is 1. The molecule has 1 fully saturated rings. The van der Waals surface area contributed by atoms with Gasteiger partial charge in [0.05, 0.1) is 24.2 Å². The normalized spacial score (nSPS) is 32.0. The van der Waals surface area contributed by atoms with Crippen molar-refractivity contribution in [3.63, 3.8) is 0 Å². The summed E-state index contributed by atoms with van der Waals surface area (Å²) >= 11 is 0. The van der Waals surface area contributed by atoms with Crippen molar-refractivity contribution in [2.45, 2.75) is 103 Å². The molecule has 238 valence electrons. The topological polar surface area (TPSA) is 123 Å². The number of aliphatic hydroxyl groups is 2. The van der Waals surface area contributed by atoms with Gasteiger partial charge < -0.3 is 25.0 Å². The maximum atomic E-state index is 12.9. The summed E-state index contributed by atoms with van der Waals surface area (Å²) in [6, 6.07) is 5.31. The first kappa shape index (κ1) is 34.5. The number of ether oxygens (including phenoxy) is 1. The van der Waals surface area contributed by atoms with E-state index in [1.54, 1.807) is 13.1 Å². The lowest BCUT2D eigenvalue weighted by Gasteiger charge is -2.50. The lowest BCUT2D eigenvalue weighted by Crippen LogP contribution is -2.63. The van der Waals surface area contributed by atoms with Gasteiger partial charge in [0.25, 0.3) is 0 Å². The molecule has 0 saturated carbocycles. The standard InChI is InChI=1S/C34H51N3O6/c1-23(28-13-8-9-18-35-28)11-10-12-24(2)31-25(3)14-15-27(34(7,42)17-16-26(38)21-30(39)43-31)29-22-36(33(4,5)6)19-20-37(29)32(40)41/h8-15,18,23,25-27,29,31,38,42H,16-17,19-22H2,1-7H3,(H,40,41)/b11-10+,15-14+,24-12+/t23-,25-,26-,27-,29?,31+,34-/m0/s1. The van der Waals surface area contributed by atoms with Crippen LogP contribution in [0.25, 0.3) is 0 Å². The predicted octanol–water partition coefficient (Wildman–Crippen LogP) is 5.17. The minimum absolute atomic E-state index is 0.0971. The molecule has 3 rings (SSSR count). The van der Waals surface area contributed by atoms with Gasteiger partial charge in [0, 0.05) is 54.8 Å². The van der Waals surface area contributed by atoms with Crippen LogP contribution in [0.4, 0.5) is 4.79 Å². The zero-order valence-corrected chi connectivity index (χ0v) is 26.8. The Hall–Kier alpha value is -3.01. The van der Waals surface area contributed by atoms with Crippen molar-refractivity contribution in [1.82, 2.24) is 14.8 Å². The number of carbonyl (C=O) groups is 2. The molecule has 9 heteroatoms. The number of aliphatic hydroxyl groups excluding tert-OH is 1. The van der Waals surface area contributed by atoms with Gasteiger partial charge >= 0.3 is 12.1 Å². The smallest absolute Gasteiger partial charge is 0.407 e. The van der Waals surface area contributed by atoms with Crippen molar-refractivity contribution in [2.24, 2.45) is 11.8 Å². The molecule has 0 aliphatic carbocycles. The largest absolute Gasteiger partial charge is 0.465 e. The number of piperazine rings is 1. The molecule has 0 spiro atoms. The first-order valence-electron chi connectivity index (χ1n) is 15.4. The molecule has 0 bridgehead atoms. The number of rotatable bonds is 5. The average molecular weight is 598 g/mol. The first-order chi connectivity index (χ1) is 20.1. The molecule has 3 heterocycles. The fourth-order valence-electron chi connectivity index (χ4n) is 6.05. The summed E-state index contributed by atoms with van der Waals surface area (Å²) in [5.74, 6) is -1.24. The number of amides is 1. The van der Waals surface area contributed by atoms with E-state index in [9.17, 15) is 24.9 Å². The Morgan fingerprint density at radius 3 is 2.58 bits per heavy atom. The number of pyridine rings is 1. The summed E-state index contributed by atoms with van der Waals surface area (Å²) in [5, 5.41) is 32.7. The number of hydrogen-bond acceptors (Lipinski definition) is 7. The van der Waals surface area contributed by atoms with E-state index < -0.39 is 41.8 Å². The molecule has 43 heavy (non-hydrogen) atoms. The fourth-order valence-corrected chi connectivity index (χ4v) is 6.05. The maximum absolute atomic E-state index is 12.9. The highest BCUT2D eigenvalue weighted by Gasteiger charge is 2.45. The minimum Gasteiger partial charge on any atom is -0.465 e. The van der Waals surface area contributed by atoms with Gasteiger partial charge in [-0.2, -0.15) is 0 Å². The predicted molar refractivity (Wildman–Crippen MR) is 168 cm³/mol. The SMILES string of the molecule is C/C(=C\C=C\[C@H](C)c1ccccn1)[C@H]1OC(=O)C[C@@H](O)CC[C@](C)(O)[C@H](C2CN(C(C)(C)C)CCN2C(=O)O)/C=C/[C@@H]1C. The molecule has 2 aliphatic heterocycles. The van der Waals surface area contributed by atoms with Crippen molar-refractivity contribution in [3.05, 3.63) is 66.0 Å². The van der Waals surface area contributed by atoms with Crippen LogP contribution in [0.3, 0.4) is 0 Å². The number of hydrogen-bond donors (Lipinski definition) is 3. The zero-order chi connectivity index (χ0) is 31.9. The summed E-state index contributed by atoms with van der Waals surface area (Å²) in [4.78, 5) is 33.3. The Kier molecular flexibility index (Phi) is 11.7. The van der Waals surface area contributed by atoms with Crippen LogP contribution in [0.5, 0.6) is 0 Å². The lowest BCUT2D eigenvalue weighted by molar-refractivity contribution is -0.151. The Labute approximate surface area is 256 Å². The summed E-state index contributed by atoms with van der Waals surface area (Å²) < 4.78 is 5.92. The Morgan fingerprint density at radius 1 is 1.23 bits per heavy atom. The van der Waals surface area contributed by atoms with E-state index in [1.807, 2.05) is 62.4 Å². The number of nitrogens with zero attached hydrogens (tertiary/aromatic N) is 3. The van der Waals surface area contributed by atoms with E-state index in [0.717, 1.165) is 11.3 Å². The van der Waals surface area contributed by atoms with Gasteiger partial charge in [-0.25, -0.2) is 4.79 Å². The maximum Gasteiger partial charge on any atom is 0.407 e. The van der Waals surface area contributed by atoms with Crippen LogP contribution in [0, 0.1) is 11.8 Å². The van der Waals surface area contributed by atoms with Crippen LogP contribution in [0.2, 0.25) is 0 Å². The molecule has 9 nitrogen and oxygen atoms in total. The molecule has 1 aromatic heterocycles. The lowest BCUT2D eigenvalue weighted by atomic mass is 9.76. The van der Waals surface area contributed by atoms with E-state index in [1.165, 1.54) is 4.90 Å². The van der Waals surface area contributed by atoms with E-state index in [0.29, 0.717) is 19.6 Å². The molecule has 3 N–H and O–H groups in total. The van der Waals surface area contributed by atoms with Crippen LogP contribution in [0.1, 0.15) is 79.3 Å². The number of carbonyl (C=O) groups excluding carboxylic acids is 1. The van der Waals surface area contributed by atoms with Crippen LogP contribution >= 0.6 is 0 Å². The van der Waals surface area contributed by atoms with Crippen molar-refractivity contribution in [2.75, 3.05) is 19.6 Å². The van der Waals surface area contributed by atoms with Gasteiger partial charge in [0.15, 0.2) is 0 Å². The Morgan fingerprint density at radius 2 is 1.95 bits per heavy atom. The van der Waals surface area contributed by atoms with E-state index in [2.05, 4.69) is 37.6 Å². The monoisotopic (exact) mass is 597 g/mol. The van der Waals surface area contributed by atoms with Gasteiger partial charge in [-0.1, -0.05) is 50.3 Å². The molecule has 2 aliphatic rings. The molecular formula is C34H51N3O6. The highest BCUT2D eigenvalue weighted by Crippen LogP contribution is 2.35. The molecule has 1 unspecified atom stereocenters. The van der Waals surface area contributed by atoms with Crippen LogP contribution in [-0.2, 0) is 9.53 Å². The molecule has 1 amide bonds. The van der Waals surface area contributed by atoms with Crippen molar-refractivity contribution < 1.29 is 29.6 Å². The zero-order valence-electron chi connectivity index (χ0n) is 26.8. The number of cyclic esters (lactones) is 1. The molecule has 0 radical (unpaired) electrons. The van der Waals surface area contributed by atoms with Crippen LogP contribution in [0.15, 0.2) is 60.3 Å². The summed E-state index contributed by atoms with van der Waals surface area (Å²) in [5.41, 5.74) is 0.280. The number of carboxylic acid groups (broad SMARTS) is 1. The van der Waals surface area contributed by atoms with Crippen molar-refractivity contribution in [1.29, 1.82) is 0 Å². The van der Waals surface area contributed by atoms with E-state index >= 15 is 0 Å². The van der Waals surface area contributed by atoms with Gasteiger partial charge in [-0.15, -0.1) is 0 Å². The van der Waals surface area contributed by atoms with Crippen molar-refractivity contribution in [3.8, 4) is 0 Å². The third-order valence-electron chi connectivity index (χ3n) is 8.85. The Bertz CT molecular complexity index is 1170. The third kappa shape index (κ3) is 9.49. The average Bonchev–Trinajstić information content (AvgIpc) is 2.94. The van der Waals surface area contributed by atoms with E-state index in [4.69, 9.17) is 4.74 Å². The molecule has 0 aromatic carbocycles. The number of esters is 1. The van der Waals surface area contributed by atoms with E-state index in [-0.39, 0.29) is 36.6 Å². The molecule has 7 atom stereocenters. The van der Waals surface area contributed by atoms with Gasteiger partial charge in [-0.05, 0) is 65.2 Å². The van der Waals surface area contributed by atoms with Gasteiger partial charge in [-0.3, -0.25) is 14.7 Å². The second kappa shape index (κ2) is 14.6. The highest BCUT2D eigenvalue weighted by molar-refractivity contribution is 5.70. The first-order valence-corrected chi connectivity index (χ1v) is 15.4. The van der Waals surface area contributed by atoms with Gasteiger partial charge in [0.1, 0.15) is 6.10 Å². The summed E-state index contributed by atoms with van der Waals surface area (Å²) in [6.45, 7) is 15.3. The summed E-state index contributed by atoms with van der Waals surface area (Å²) in [7, 11) is 0. The second-order valence-corrected chi connectivity index (χ2v) is 13.4. The highest BCUT2D eigenvalue weighted by atomic mass is 16.5. The second-order valence-electron chi connectivity index (χ2n) is 13.4. The molecular weight excluding hydrogens is 546 g/mol. The third-order valence-corrected chi connectivity index (χ3v) is 8.85. The number of allylic oxidation sites excluding steroid dienone is 3. The summed E-state index contributed by atoms with van der Waals surface area (Å²) in [6.07, 6.45) is 9.07. The van der Waals surface area contributed by atoms with Gasteiger partial charge in [0.2, 0.25) is 0 Å². The quantitative estimate of drug-likeness (QED) is 0.242. The van der Waals surface area contributed by atoms with Crippen LogP contribution in [-0.4, -0.2) is 91.2 Å². The molecule has 1 saturated heterocycles. The Balaban J connectivity index is 1.96. The van der Waals surface area contributed by atoms with Crippen molar-refractivity contribution >= 4 is 12.1 Å². The fraction of sp³-hybridized carbons (Fsp3) is 0.618. The molecule has 1 aromatic rings.